The van der Waals surface area contributed by atoms with E-state index in [2.05, 4.69) is 27.5 Å². The summed E-state index contributed by atoms with van der Waals surface area (Å²) < 4.78 is 5.29. The van der Waals surface area contributed by atoms with Crippen molar-refractivity contribution < 1.29 is 14.3 Å². The van der Waals surface area contributed by atoms with Crippen LogP contribution >= 0.6 is 11.3 Å². The number of nitrogens with zero attached hydrogens (tertiary/aromatic N) is 2. The molecule has 8 nitrogen and oxygen atoms in total. The lowest BCUT2D eigenvalue weighted by Crippen LogP contribution is -2.45. The van der Waals surface area contributed by atoms with E-state index in [0.29, 0.717) is 29.2 Å². The Kier molecular flexibility index (Phi) is 7.79. The molecule has 0 unspecified atom stereocenters. The number of thiophene rings is 1. The van der Waals surface area contributed by atoms with Crippen LogP contribution in [0.25, 0.3) is 10.4 Å². The second-order valence-corrected chi connectivity index (χ2v) is 9.16. The molecule has 0 aliphatic carbocycles. The van der Waals surface area contributed by atoms with Crippen molar-refractivity contribution in [2.24, 2.45) is 0 Å². The molecule has 0 saturated carbocycles. The number of carbonyl (C=O) groups excluding carboxylic acids is 2. The van der Waals surface area contributed by atoms with Gasteiger partial charge in [0.2, 0.25) is 0 Å². The molecule has 2 amide bonds. The minimum absolute atomic E-state index is 0.281. The number of nitrogens with one attached hydrogen (secondary N) is 2. The molecular weight excluding hydrogens is 450 g/mol. The fourth-order valence-electron chi connectivity index (χ4n) is 3.65. The first-order chi connectivity index (χ1) is 16.5. The number of nitrogen functional groups attached to an aromatic ring is 1. The number of rotatable bonds is 7. The van der Waals surface area contributed by atoms with E-state index in [0.717, 1.165) is 43.2 Å². The Morgan fingerprint density at radius 2 is 1.79 bits per heavy atom. The van der Waals surface area contributed by atoms with Crippen LogP contribution < -0.4 is 16.4 Å². The van der Waals surface area contributed by atoms with E-state index >= 15 is 0 Å². The molecule has 2 heterocycles. The number of carbonyl (C=O) groups is 2. The third kappa shape index (κ3) is 6.34. The first-order valence-corrected chi connectivity index (χ1v) is 12.1. The first-order valence-electron chi connectivity index (χ1n) is 11.2. The number of nitrogens with two attached hydrogens (primary N) is 1. The summed E-state index contributed by atoms with van der Waals surface area (Å²) >= 11 is 1.62. The van der Waals surface area contributed by atoms with Crippen molar-refractivity contribution in [2.75, 3.05) is 62.7 Å². The van der Waals surface area contributed by atoms with Crippen LogP contribution in [0.15, 0.2) is 60.0 Å². The summed E-state index contributed by atoms with van der Waals surface area (Å²) in [6, 6.07) is 16.2. The molecular formula is C25H29N5O3S. The molecule has 178 valence electrons. The quantitative estimate of drug-likeness (QED) is 0.442. The first kappa shape index (κ1) is 23.7. The normalized spacial score (nSPS) is 14.5. The van der Waals surface area contributed by atoms with Gasteiger partial charge in [-0.1, -0.05) is 12.1 Å². The Balaban J connectivity index is 1.27. The number of amides is 2. The molecule has 4 rings (SSSR count). The highest BCUT2D eigenvalue weighted by molar-refractivity contribution is 7.13. The zero-order valence-corrected chi connectivity index (χ0v) is 19.9. The lowest BCUT2D eigenvalue weighted by molar-refractivity contribution is 0.102. The maximum atomic E-state index is 12.7. The maximum absolute atomic E-state index is 12.7. The highest BCUT2D eigenvalue weighted by Gasteiger charge is 2.14. The molecule has 0 spiro atoms. The zero-order chi connectivity index (χ0) is 23.9. The van der Waals surface area contributed by atoms with Gasteiger partial charge in [-0.15, -0.1) is 11.3 Å². The van der Waals surface area contributed by atoms with Crippen molar-refractivity contribution >= 4 is 40.4 Å². The zero-order valence-electron chi connectivity index (χ0n) is 19.1. The highest BCUT2D eigenvalue weighted by Crippen LogP contribution is 2.30. The van der Waals surface area contributed by atoms with Gasteiger partial charge in [0.15, 0.2) is 0 Å². The third-order valence-electron chi connectivity index (χ3n) is 5.74. The SMILES string of the molecule is CN1CCN(CCOC(=O)Nc2ccc(C(=O)Nc3cc(-c4cccs4)ccc3N)cc2)CC1. The van der Waals surface area contributed by atoms with Gasteiger partial charge in [0, 0.05) is 48.9 Å². The van der Waals surface area contributed by atoms with Gasteiger partial charge >= 0.3 is 6.09 Å². The van der Waals surface area contributed by atoms with Crippen molar-refractivity contribution in [2.45, 2.75) is 0 Å². The van der Waals surface area contributed by atoms with E-state index in [4.69, 9.17) is 10.5 Å². The molecule has 1 fully saturated rings. The van der Waals surface area contributed by atoms with Crippen LogP contribution in [0.2, 0.25) is 0 Å². The van der Waals surface area contributed by atoms with Crippen LogP contribution in [0.3, 0.4) is 0 Å². The fraction of sp³-hybridized carbons (Fsp3) is 0.280. The summed E-state index contributed by atoms with van der Waals surface area (Å²) in [5.41, 5.74) is 9.11. The van der Waals surface area contributed by atoms with Crippen LogP contribution in [0.5, 0.6) is 0 Å². The fourth-order valence-corrected chi connectivity index (χ4v) is 4.38. The lowest BCUT2D eigenvalue weighted by Gasteiger charge is -2.31. The van der Waals surface area contributed by atoms with E-state index < -0.39 is 6.09 Å². The van der Waals surface area contributed by atoms with E-state index in [1.165, 1.54) is 0 Å². The number of benzene rings is 2. The van der Waals surface area contributed by atoms with Gasteiger partial charge in [-0.25, -0.2) is 4.79 Å². The Hall–Kier alpha value is -3.40. The Morgan fingerprint density at radius 3 is 2.50 bits per heavy atom. The van der Waals surface area contributed by atoms with Gasteiger partial charge in [-0.2, -0.15) is 0 Å². The minimum atomic E-state index is -0.510. The smallest absolute Gasteiger partial charge is 0.411 e. The Labute approximate surface area is 203 Å². The average molecular weight is 480 g/mol. The maximum Gasteiger partial charge on any atom is 0.411 e. The average Bonchev–Trinajstić information content (AvgIpc) is 3.37. The molecule has 0 bridgehead atoms. The van der Waals surface area contributed by atoms with Gasteiger partial charge < -0.3 is 20.7 Å². The summed E-state index contributed by atoms with van der Waals surface area (Å²) in [6.45, 7) is 5.07. The second-order valence-electron chi connectivity index (χ2n) is 8.22. The molecule has 1 aliphatic rings. The number of likely N-dealkylation sites (N-methyl/N-ethyl adjacent to an activating group) is 1. The van der Waals surface area contributed by atoms with Gasteiger partial charge in [-0.3, -0.25) is 15.0 Å². The number of hydrogen-bond donors (Lipinski definition) is 3. The molecule has 2 aromatic carbocycles. The molecule has 1 aromatic heterocycles. The standard InChI is InChI=1S/C25H29N5O3S/c1-29-10-12-30(13-11-29)14-15-33-25(32)27-20-7-4-18(5-8-20)24(31)28-22-17-19(6-9-21(22)26)23-3-2-16-34-23/h2-9,16-17H,10-15,26H2,1H3,(H,27,32)(H,28,31). The largest absolute Gasteiger partial charge is 0.448 e. The number of ether oxygens (including phenoxy) is 1. The summed E-state index contributed by atoms with van der Waals surface area (Å²) in [4.78, 5) is 30.5. The van der Waals surface area contributed by atoms with Gasteiger partial charge in [0.05, 0.1) is 11.4 Å². The minimum Gasteiger partial charge on any atom is -0.448 e. The van der Waals surface area contributed by atoms with E-state index in [-0.39, 0.29) is 5.91 Å². The molecule has 0 atom stereocenters. The van der Waals surface area contributed by atoms with Crippen molar-refractivity contribution in [3.05, 3.63) is 65.5 Å². The van der Waals surface area contributed by atoms with E-state index in [1.807, 2.05) is 29.6 Å². The van der Waals surface area contributed by atoms with Gasteiger partial charge in [0.25, 0.3) is 5.91 Å². The summed E-state index contributed by atoms with van der Waals surface area (Å²) in [5.74, 6) is -0.281. The number of hydrogen-bond acceptors (Lipinski definition) is 7. The summed E-state index contributed by atoms with van der Waals surface area (Å²) in [7, 11) is 2.11. The Morgan fingerprint density at radius 1 is 1.03 bits per heavy atom. The molecule has 4 N–H and O–H groups in total. The molecule has 1 aliphatic heterocycles. The van der Waals surface area contributed by atoms with Crippen molar-refractivity contribution in [3.63, 3.8) is 0 Å². The molecule has 34 heavy (non-hydrogen) atoms. The summed E-state index contributed by atoms with van der Waals surface area (Å²) in [5, 5.41) is 7.57. The highest BCUT2D eigenvalue weighted by atomic mass is 32.1. The van der Waals surface area contributed by atoms with Crippen molar-refractivity contribution in [3.8, 4) is 10.4 Å². The number of anilines is 3. The number of piperazine rings is 1. The van der Waals surface area contributed by atoms with Crippen molar-refractivity contribution in [1.29, 1.82) is 0 Å². The molecule has 3 aromatic rings. The van der Waals surface area contributed by atoms with E-state index in [9.17, 15) is 9.59 Å². The van der Waals surface area contributed by atoms with Gasteiger partial charge in [0.1, 0.15) is 6.61 Å². The Bertz CT molecular complexity index is 1110. The third-order valence-corrected chi connectivity index (χ3v) is 6.66. The van der Waals surface area contributed by atoms with Crippen molar-refractivity contribution in [1.82, 2.24) is 9.80 Å². The van der Waals surface area contributed by atoms with Crippen LogP contribution in [0.4, 0.5) is 21.9 Å². The van der Waals surface area contributed by atoms with Crippen LogP contribution in [-0.4, -0.2) is 68.2 Å². The van der Waals surface area contributed by atoms with E-state index in [1.54, 1.807) is 41.7 Å². The van der Waals surface area contributed by atoms with Crippen LogP contribution in [0, 0.1) is 0 Å². The topological polar surface area (TPSA) is 99.9 Å². The monoisotopic (exact) mass is 479 g/mol. The molecule has 9 heteroatoms. The lowest BCUT2D eigenvalue weighted by atomic mass is 10.1. The predicted molar refractivity (Wildman–Crippen MR) is 137 cm³/mol. The predicted octanol–water partition coefficient (Wildman–Crippen LogP) is 4.05. The van der Waals surface area contributed by atoms with Crippen LogP contribution in [0.1, 0.15) is 10.4 Å². The molecule has 1 saturated heterocycles. The van der Waals surface area contributed by atoms with Gasteiger partial charge in [-0.05, 0) is 60.5 Å². The second kappa shape index (κ2) is 11.1. The van der Waals surface area contributed by atoms with Crippen LogP contribution in [-0.2, 0) is 4.74 Å². The molecule has 0 radical (unpaired) electrons. The summed E-state index contributed by atoms with van der Waals surface area (Å²) in [6.07, 6.45) is -0.510.